The van der Waals surface area contributed by atoms with Crippen molar-refractivity contribution >= 4 is 5.91 Å². The lowest BCUT2D eigenvalue weighted by atomic mass is 10.2. The van der Waals surface area contributed by atoms with Crippen molar-refractivity contribution in [3.05, 3.63) is 36.2 Å². The van der Waals surface area contributed by atoms with Gasteiger partial charge in [0.2, 0.25) is 0 Å². The van der Waals surface area contributed by atoms with Gasteiger partial charge in [0.25, 0.3) is 17.6 Å². The minimum absolute atomic E-state index is 0.108. The molecule has 2 N–H and O–H groups in total. The fourth-order valence-corrected chi connectivity index (χ4v) is 1.02. The van der Waals surface area contributed by atoms with Gasteiger partial charge in [0.15, 0.2) is 0 Å². The molecule has 0 radical (unpaired) electrons. The lowest BCUT2D eigenvalue weighted by Crippen LogP contribution is -2.12. The monoisotopic (exact) mass is 189 g/mol. The van der Waals surface area contributed by atoms with Crippen LogP contribution in [-0.4, -0.2) is 16.0 Å². The molecule has 0 atom stereocenters. The summed E-state index contributed by atoms with van der Waals surface area (Å²) in [4.78, 5) is 14.5. The molecule has 0 aliphatic carbocycles. The fourth-order valence-electron chi connectivity index (χ4n) is 1.02. The number of hydrogen-bond acceptors (Lipinski definition) is 4. The second-order valence-corrected chi connectivity index (χ2v) is 2.65. The van der Waals surface area contributed by atoms with Crippen LogP contribution in [-0.2, 0) is 0 Å². The summed E-state index contributed by atoms with van der Waals surface area (Å²) in [5, 5.41) is 3.43. The van der Waals surface area contributed by atoms with Crippen LogP contribution >= 0.6 is 0 Å². The molecule has 0 fully saturated rings. The van der Waals surface area contributed by atoms with E-state index in [0.717, 1.165) is 5.56 Å². The fraction of sp³-hybridized carbons (Fsp3) is 0. The Morgan fingerprint density at radius 3 is 2.57 bits per heavy atom. The third-order valence-electron chi connectivity index (χ3n) is 1.67. The predicted octanol–water partition coefficient (Wildman–Crippen LogP) is 0.835. The van der Waals surface area contributed by atoms with E-state index >= 15 is 0 Å². The molecule has 14 heavy (non-hydrogen) atoms. The van der Waals surface area contributed by atoms with Crippen molar-refractivity contribution in [2.24, 2.45) is 5.73 Å². The first kappa shape index (κ1) is 8.43. The van der Waals surface area contributed by atoms with Crippen molar-refractivity contribution in [2.45, 2.75) is 0 Å². The van der Waals surface area contributed by atoms with Gasteiger partial charge < -0.3 is 10.3 Å². The third-order valence-corrected chi connectivity index (χ3v) is 1.67. The Bertz CT molecular complexity index is 450. The van der Waals surface area contributed by atoms with Gasteiger partial charge in [-0.3, -0.25) is 4.79 Å². The van der Waals surface area contributed by atoms with E-state index < -0.39 is 5.91 Å². The zero-order chi connectivity index (χ0) is 9.97. The van der Waals surface area contributed by atoms with E-state index in [9.17, 15) is 4.79 Å². The second-order valence-electron chi connectivity index (χ2n) is 2.65. The Morgan fingerprint density at radius 1 is 1.29 bits per heavy atom. The van der Waals surface area contributed by atoms with Crippen LogP contribution in [0.2, 0.25) is 0 Å². The highest BCUT2D eigenvalue weighted by Gasteiger charge is 2.11. The van der Waals surface area contributed by atoms with Crippen LogP contribution in [0, 0.1) is 0 Å². The molecule has 2 rings (SSSR count). The molecular weight excluding hydrogens is 182 g/mol. The first-order valence-electron chi connectivity index (χ1n) is 3.96. The lowest BCUT2D eigenvalue weighted by Gasteiger charge is -1.89. The third kappa shape index (κ3) is 1.47. The SMILES string of the molecule is NC(=O)c1noc(-c2ccccc2)n1. The molecule has 0 unspecified atom stereocenters. The average Bonchev–Trinajstić information content (AvgIpc) is 2.68. The summed E-state index contributed by atoms with van der Waals surface area (Å²) in [7, 11) is 0. The molecule has 5 nitrogen and oxygen atoms in total. The van der Waals surface area contributed by atoms with Gasteiger partial charge in [-0.2, -0.15) is 4.98 Å². The van der Waals surface area contributed by atoms with Crippen LogP contribution in [0.15, 0.2) is 34.9 Å². The van der Waals surface area contributed by atoms with Gasteiger partial charge in [0, 0.05) is 5.56 Å². The molecule has 0 saturated carbocycles. The van der Waals surface area contributed by atoms with Gasteiger partial charge in [-0.25, -0.2) is 0 Å². The van der Waals surface area contributed by atoms with Gasteiger partial charge in [-0.05, 0) is 12.1 Å². The van der Waals surface area contributed by atoms with Crippen LogP contribution in [0.3, 0.4) is 0 Å². The van der Waals surface area contributed by atoms with Crippen LogP contribution in [0.5, 0.6) is 0 Å². The smallest absolute Gasteiger partial charge is 0.290 e. The number of hydrogen-bond donors (Lipinski definition) is 1. The summed E-state index contributed by atoms with van der Waals surface area (Å²) in [5.41, 5.74) is 5.74. The minimum atomic E-state index is -0.698. The molecule has 1 heterocycles. The van der Waals surface area contributed by atoms with Crippen LogP contribution in [0.1, 0.15) is 10.6 Å². The van der Waals surface area contributed by atoms with Gasteiger partial charge in [-0.15, -0.1) is 0 Å². The number of aromatic nitrogens is 2. The molecule has 0 saturated heterocycles. The second kappa shape index (κ2) is 3.29. The van der Waals surface area contributed by atoms with E-state index in [1.807, 2.05) is 18.2 Å². The van der Waals surface area contributed by atoms with Gasteiger partial charge in [0.05, 0.1) is 0 Å². The van der Waals surface area contributed by atoms with Gasteiger partial charge in [0.1, 0.15) is 0 Å². The van der Waals surface area contributed by atoms with Crippen molar-refractivity contribution in [1.82, 2.24) is 10.1 Å². The maximum atomic E-state index is 10.7. The van der Waals surface area contributed by atoms with Gasteiger partial charge in [-0.1, -0.05) is 23.4 Å². The number of rotatable bonds is 2. The molecule has 0 aliphatic rings. The Morgan fingerprint density at radius 2 is 2.00 bits per heavy atom. The number of nitrogens with zero attached hydrogens (tertiary/aromatic N) is 2. The Hall–Kier alpha value is -2.17. The molecule has 5 heteroatoms. The first-order valence-corrected chi connectivity index (χ1v) is 3.96. The zero-order valence-electron chi connectivity index (χ0n) is 7.18. The highest BCUT2D eigenvalue weighted by Crippen LogP contribution is 2.15. The lowest BCUT2D eigenvalue weighted by molar-refractivity contribution is 0.0987. The Labute approximate surface area is 79.5 Å². The minimum Gasteiger partial charge on any atom is -0.363 e. The van der Waals surface area contributed by atoms with Crippen molar-refractivity contribution in [2.75, 3.05) is 0 Å². The van der Waals surface area contributed by atoms with E-state index in [0.29, 0.717) is 5.89 Å². The molecule has 1 aromatic carbocycles. The number of benzene rings is 1. The Balaban J connectivity index is 2.39. The number of carbonyl (C=O) groups excluding carboxylic acids is 1. The summed E-state index contributed by atoms with van der Waals surface area (Å²) in [6.07, 6.45) is 0. The molecule has 1 aromatic heterocycles. The summed E-state index contributed by atoms with van der Waals surface area (Å²) in [5.74, 6) is -0.515. The van der Waals surface area contributed by atoms with E-state index in [2.05, 4.69) is 10.1 Å². The average molecular weight is 189 g/mol. The van der Waals surface area contributed by atoms with E-state index in [1.165, 1.54) is 0 Å². The summed E-state index contributed by atoms with van der Waals surface area (Å²) < 4.78 is 4.85. The zero-order valence-corrected chi connectivity index (χ0v) is 7.18. The van der Waals surface area contributed by atoms with Crippen LogP contribution in [0.4, 0.5) is 0 Å². The van der Waals surface area contributed by atoms with Crippen molar-refractivity contribution in [3.8, 4) is 11.5 Å². The maximum absolute atomic E-state index is 10.7. The van der Waals surface area contributed by atoms with Crippen LogP contribution < -0.4 is 5.73 Å². The van der Waals surface area contributed by atoms with Crippen molar-refractivity contribution in [1.29, 1.82) is 0 Å². The highest BCUT2D eigenvalue weighted by atomic mass is 16.5. The van der Waals surface area contributed by atoms with E-state index in [1.54, 1.807) is 12.1 Å². The molecule has 0 bridgehead atoms. The van der Waals surface area contributed by atoms with E-state index in [4.69, 9.17) is 10.3 Å². The van der Waals surface area contributed by atoms with Crippen LogP contribution in [0.25, 0.3) is 11.5 Å². The standard InChI is InChI=1S/C9H7N3O2/c10-7(13)8-11-9(14-12-8)6-4-2-1-3-5-6/h1-5H,(H2,10,13). The number of amides is 1. The first-order chi connectivity index (χ1) is 6.77. The number of carbonyl (C=O) groups is 1. The molecule has 1 amide bonds. The topological polar surface area (TPSA) is 82.0 Å². The van der Waals surface area contributed by atoms with E-state index in [-0.39, 0.29) is 5.82 Å². The molecule has 0 aliphatic heterocycles. The number of primary amides is 1. The molecule has 70 valence electrons. The predicted molar refractivity (Wildman–Crippen MR) is 48.3 cm³/mol. The largest absolute Gasteiger partial charge is 0.363 e. The van der Waals surface area contributed by atoms with Crippen molar-refractivity contribution in [3.63, 3.8) is 0 Å². The molecular formula is C9H7N3O2. The summed E-state index contributed by atoms with van der Waals surface area (Å²) >= 11 is 0. The van der Waals surface area contributed by atoms with Gasteiger partial charge >= 0.3 is 0 Å². The molecule has 2 aromatic rings. The molecule has 0 spiro atoms. The van der Waals surface area contributed by atoms with Crippen molar-refractivity contribution < 1.29 is 9.32 Å². The quantitative estimate of drug-likeness (QED) is 0.758. The number of nitrogens with two attached hydrogens (primary N) is 1. The highest BCUT2D eigenvalue weighted by molar-refractivity contribution is 5.88. The summed E-state index contributed by atoms with van der Waals surface area (Å²) in [6, 6.07) is 9.15. The summed E-state index contributed by atoms with van der Waals surface area (Å²) in [6.45, 7) is 0. The normalized spacial score (nSPS) is 10.0. The Kier molecular flexibility index (Phi) is 1.98. The maximum Gasteiger partial charge on any atom is 0.290 e.